The van der Waals surface area contributed by atoms with Crippen LogP contribution in [0.1, 0.15) is 19.3 Å². The van der Waals surface area contributed by atoms with Crippen molar-refractivity contribution in [2.75, 3.05) is 11.9 Å². The number of ether oxygens (including phenoxy) is 1. The summed E-state index contributed by atoms with van der Waals surface area (Å²) in [7, 11) is 0. The normalized spacial score (nSPS) is 14.7. The zero-order valence-electron chi connectivity index (χ0n) is 9.82. The molecule has 4 nitrogen and oxygen atoms in total. The summed E-state index contributed by atoms with van der Waals surface area (Å²) < 4.78 is 5.89. The third-order valence-corrected chi connectivity index (χ3v) is 3.44. The van der Waals surface area contributed by atoms with E-state index in [-0.39, 0.29) is 24.4 Å². The van der Waals surface area contributed by atoms with Crippen LogP contribution in [0.3, 0.4) is 0 Å². The zero-order chi connectivity index (χ0) is 13.0. The number of anilines is 1. The first-order chi connectivity index (χ1) is 8.65. The topological polar surface area (TPSA) is 55.4 Å². The number of halogens is 1. The van der Waals surface area contributed by atoms with Crippen molar-refractivity contribution < 1.29 is 14.3 Å². The van der Waals surface area contributed by atoms with E-state index in [1.807, 2.05) is 12.1 Å². The molecular weight excluding hydrogens is 298 g/mol. The monoisotopic (exact) mass is 311 g/mol. The van der Waals surface area contributed by atoms with Crippen LogP contribution in [0.25, 0.3) is 0 Å². The van der Waals surface area contributed by atoms with Gasteiger partial charge in [0.1, 0.15) is 0 Å². The third-order valence-electron chi connectivity index (χ3n) is 2.91. The predicted octanol–water partition coefficient (Wildman–Crippen LogP) is 2.73. The largest absolute Gasteiger partial charge is 0.455 e. The van der Waals surface area contributed by atoms with E-state index in [0.29, 0.717) is 5.69 Å². The van der Waals surface area contributed by atoms with Crippen LogP contribution in [0.15, 0.2) is 28.7 Å². The number of benzene rings is 1. The molecule has 1 aliphatic carbocycles. The molecule has 5 heteroatoms. The summed E-state index contributed by atoms with van der Waals surface area (Å²) in [6, 6.07) is 7.21. The van der Waals surface area contributed by atoms with E-state index in [9.17, 15) is 9.59 Å². The molecule has 0 heterocycles. The zero-order valence-corrected chi connectivity index (χ0v) is 11.4. The van der Waals surface area contributed by atoms with Crippen molar-refractivity contribution in [3.8, 4) is 0 Å². The number of carbonyl (C=O) groups excluding carboxylic acids is 2. The quantitative estimate of drug-likeness (QED) is 0.870. The van der Waals surface area contributed by atoms with Crippen molar-refractivity contribution in [3.63, 3.8) is 0 Å². The van der Waals surface area contributed by atoms with Crippen LogP contribution in [0.4, 0.5) is 5.69 Å². The maximum atomic E-state index is 11.5. The molecular formula is C13H14BrNO3. The first-order valence-corrected chi connectivity index (χ1v) is 6.66. The van der Waals surface area contributed by atoms with Crippen LogP contribution in [0.5, 0.6) is 0 Å². The maximum Gasteiger partial charge on any atom is 0.309 e. The van der Waals surface area contributed by atoms with Gasteiger partial charge in [0.2, 0.25) is 0 Å². The van der Waals surface area contributed by atoms with Gasteiger partial charge in [0.25, 0.3) is 5.91 Å². The van der Waals surface area contributed by atoms with Crippen molar-refractivity contribution in [2.45, 2.75) is 19.3 Å². The van der Waals surface area contributed by atoms with Gasteiger partial charge in [0, 0.05) is 10.2 Å². The second-order valence-corrected chi connectivity index (χ2v) is 5.21. The fraction of sp³-hybridized carbons (Fsp3) is 0.385. The van der Waals surface area contributed by atoms with E-state index in [1.165, 1.54) is 0 Å². The average Bonchev–Trinajstić information content (AvgIpc) is 2.27. The number of hydrogen-bond acceptors (Lipinski definition) is 3. The summed E-state index contributed by atoms with van der Waals surface area (Å²) in [6.45, 7) is -0.217. The molecule has 96 valence electrons. The standard InChI is InChI=1S/C13H14BrNO3/c14-10-4-6-11(7-5-10)15-12(16)8-18-13(17)9-2-1-3-9/h4-7,9H,1-3,8H2,(H,15,16). The van der Waals surface area contributed by atoms with Crippen LogP contribution in [0, 0.1) is 5.92 Å². The molecule has 1 amide bonds. The highest BCUT2D eigenvalue weighted by molar-refractivity contribution is 9.10. The Kier molecular flexibility index (Phi) is 4.36. The Labute approximate surface area is 114 Å². The Morgan fingerprint density at radius 1 is 1.28 bits per heavy atom. The molecule has 1 aromatic carbocycles. The van der Waals surface area contributed by atoms with Crippen LogP contribution in [-0.4, -0.2) is 18.5 Å². The molecule has 0 bridgehead atoms. The van der Waals surface area contributed by atoms with Gasteiger partial charge in [-0.25, -0.2) is 0 Å². The van der Waals surface area contributed by atoms with Gasteiger partial charge in [-0.2, -0.15) is 0 Å². The van der Waals surface area contributed by atoms with Crippen LogP contribution in [-0.2, 0) is 14.3 Å². The smallest absolute Gasteiger partial charge is 0.309 e. The molecule has 0 saturated heterocycles. The van der Waals surface area contributed by atoms with Crippen molar-refractivity contribution >= 4 is 33.5 Å². The molecule has 1 aromatic rings. The first kappa shape index (κ1) is 13.1. The number of hydrogen-bond donors (Lipinski definition) is 1. The van der Waals surface area contributed by atoms with E-state index in [2.05, 4.69) is 21.2 Å². The van der Waals surface area contributed by atoms with Crippen LogP contribution < -0.4 is 5.32 Å². The molecule has 2 rings (SSSR count). The lowest BCUT2D eigenvalue weighted by Gasteiger charge is -2.22. The Hall–Kier alpha value is -1.36. The van der Waals surface area contributed by atoms with Gasteiger partial charge in [-0.1, -0.05) is 22.4 Å². The van der Waals surface area contributed by atoms with Crippen molar-refractivity contribution in [1.82, 2.24) is 0 Å². The van der Waals surface area contributed by atoms with E-state index < -0.39 is 0 Å². The molecule has 0 unspecified atom stereocenters. The molecule has 0 aromatic heterocycles. The molecule has 0 atom stereocenters. The highest BCUT2D eigenvalue weighted by Gasteiger charge is 2.26. The summed E-state index contributed by atoms with van der Waals surface area (Å²) in [5, 5.41) is 2.66. The fourth-order valence-electron chi connectivity index (χ4n) is 1.63. The van der Waals surface area contributed by atoms with E-state index in [0.717, 1.165) is 23.7 Å². The van der Waals surface area contributed by atoms with Gasteiger partial charge in [0.15, 0.2) is 6.61 Å². The minimum atomic E-state index is -0.315. The minimum Gasteiger partial charge on any atom is -0.455 e. The van der Waals surface area contributed by atoms with Crippen molar-refractivity contribution in [3.05, 3.63) is 28.7 Å². The molecule has 1 saturated carbocycles. The number of esters is 1. The van der Waals surface area contributed by atoms with Gasteiger partial charge in [-0.05, 0) is 37.1 Å². The number of carbonyl (C=O) groups is 2. The summed E-state index contributed by atoms with van der Waals surface area (Å²) in [6.07, 6.45) is 2.84. The lowest BCUT2D eigenvalue weighted by molar-refractivity contribution is -0.154. The maximum absolute atomic E-state index is 11.5. The molecule has 18 heavy (non-hydrogen) atoms. The Morgan fingerprint density at radius 3 is 2.50 bits per heavy atom. The van der Waals surface area contributed by atoms with Crippen molar-refractivity contribution in [2.24, 2.45) is 5.92 Å². The number of rotatable bonds is 4. The SMILES string of the molecule is O=C(COC(=O)C1CCC1)Nc1ccc(Br)cc1. The number of nitrogens with one attached hydrogen (secondary N) is 1. The Morgan fingerprint density at radius 2 is 1.94 bits per heavy atom. The second-order valence-electron chi connectivity index (χ2n) is 4.29. The molecule has 1 aliphatic rings. The lowest BCUT2D eigenvalue weighted by atomic mass is 9.86. The van der Waals surface area contributed by atoms with E-state index in [4.69, 9.17) is 4.74 Å². The fourth-order valence-corrected chi connectivity index (χ4v) is 1.89. The third kappa shape index (κ3) is 3.57. The van der Waals surface area contributed by atoms with Crippen LogP contribution >= 0.6 is 15.9 Å². The molecule has 0 radical (unpaired) electrons. The summed E-state index contributed by atoms with van der Waals surface area (Å²) >= 11 is 3.31. The second kappa shape index (κ2) is 6.00. The summed E-state index contributed by atoms with van der Waals surface area (Å²) in [5.41, 5.74) is 0.683. The van der Waals surface area contributed by atoms with E-state index in [1.54, 1.807) is 12.1 Å². The summed E-state index contributed by atoms with van der Waals surface area (Å²) in [4.78, 5) is 22.9. The average molecular weight is 312 g/mol. The van der Waals surface area contributed by atoms with Crippen molar-refractivity contribution in [1.29, 1.82) is 0 Å². The predicted molar refractivity (Wildman–Crippen MR) is 71.1 cm³/mol. The Bertz CT molecular complexity index is 440. The molecule has 1 N–H and O–H groups in total. The van der Waals surface area contributed by atoms with Crippen LogP contribution in [0.2, 0.25) is 0 Å². The molecule has 1 fully saturated rings. The van der Waals surface area contributed by atoms with Gasteiger partial charge in [-0.15, -0.1) is 0 Å². The summed E-state index contributed by atoms with van der Waals surface area (Å²) in [5.74, 6) is -0.567. The van der Waals surface area contributed by atoms with Gasteiger partial charge >= 0.3 is 5.97 Å². The Balaban J connectivity index is 1.74. The molecule has 0 spiro atoms. The molecule has 0 aliphatic heterocycles. The minimum absolute atomic E-state index is 0.00507. The van der Waals surface area contributed by atoms with Gasteiger partial charge in [-0.3, -0.25) is 9.59 Å². The van der Waals surface area contributed by atoms with E-state index >= 15 is 0 Å². The van der Waals surface area contributed by atoms with Gasteiger partial charge < -0.3 is 10.1 Å². The highest BCUT2D eigenvalue weighted by atomic mass is 79.9. The van der Waals surface area contributed by atoms with Gasteiger partial charge in [0.05, 0.1) is 5.92 Å². The lowest BCUT2D eigenvalue weighted by Crippen LogP contribution is -2.28. The first-order valence-electron chi connectivity index (χ1n) is 5.87. The number of amides is 1. The highest BCUT2D eigenvalue weighted by Crippen LogP contribution is 2.27.